The number of rotatable bonds is 9. The first-order chi connectivity index (χ1) is 30.4. The highest BCUT2D eigenvalue weighted by atomic mass is 79.9. The van der Waals surface area contributed by atoms with Crippen LogP contribution in [0.1, 0.15) is 111 Å². The maximum absolute atomic E-state index is 12.1. The Morgan fingerprint density at radius 1 is 0.600 bits per heavy atom. The number of carbonyl (C=O) groups is 2. The Bertz CT molecular complexity index is 2840. The number of carbonyl (C=O) groups excluding carboxylic acids is 2. The van der Waals surface area contributed by atoms with Crippen LogP contribution in [0.5, 0.6) is 0 Å². The third-order valence-corrected chi connectivity index (χ3v) is 13.6. The largest absolute Gasteiger partial charge is 0.325 e. The van der Waals surface area contributed by atoms with E-state index in [2.05, 4.69) is 80.9 Å². The molecule has 18 heteroatoms. The minimum Gasteiger partial charge on any atom is -0.325 e. The van der Waals surface area contributed by atoms with Crippen LogP contribution in [-0.4, -0.2) is 73.8 Å². The van der Waals surface area contributed by atoms with Crippen molar-refractivity contribution in [3.8, 4) is 0 Å². The summed E-state index contributed by atoms with van der Waals surface area (Å²) in [6.45, 7) is 18.4. The van der Waals surface area contributed by atoms with Crippen LogP contribution in [-0.2, 0) is 54.0 Å². The van der Waals surface area contributed by atoms with E-state index in [1.807, 2.05) is 110 Å². The molecule has 2 unspecified atom stereocenters. The van der Waals surface area contributed by atoms with Gasteiger partial charge in [0, 0.05) is 63.5 Å². The third kappa shape index (κ3) is 15.3. The van der Waals surface area contributed by atoms with Crippen LogP contribution in [0, 0.1) is 0 Å². The molecule has 4 N–H and O–H groups in total. The van der Waals surface area contributed by atoms with E-state index in [0.717, 1.165) is 76.2 Å². The molecule has 0 aliphatic rings. The predicted octanol–water partition coefficient (Wildman–Crippen LogP) is 8.79. The van der Waals surface area contributed by atoms with Crippen molar-refractivity contribution in [2.24, 2.45) is 10.9 Å². The zero-order chi connectivity index (χ0) is 47.2. The SMILES string of the molecule is CC(C)(C)S(N)=O.CCc1ccn2cnc(C=O)c2c1.CCc1ccn2cnc(CCS(=O)C(C)(C)C)c2c1.CCc1ccn2cnc(CN)c2c1.Cl.O=Cc1ncn2ccc(Br)cc12. The summed E-state index contributed by atoms with van der Waals surface area (Å²) in [7, 11) is -2.00. The van der Waals surface area contributed by atoms with Gasteiger partial charge in [-0.15, -0.1) is 12.4 Å². The normalized spacial score (nSPS) is 12.1. The van der Waals surface area contributed by atoms with Gasteiger partial charge in [0.15, 0.2) is 12.6 Å². The second-order valence-electron chi connectivity index (χ2n) is 16.6. The number of halogens is 2. The number of aromatic nitrogens is 8. The van der Waals surface area contributed by atoms with Gasteiger partial charge in [0.05, 0.1) is 61.8 Å². The van der Waals surface area contributed by atoms with Gasteiger partial charge in [0.2, 0.25) is 0 Å². The summed E-state index contributed by atoms with van der Waals surface area (Å²) in [5, 5.41) is 5.04. The number of fused-ring (bicyclic) bond motifs is 4. The molecule has 0 aliphatic carbocycles. The van der Waals surface area contributed by atoms with E-state index >= 15 is 0 Å². The van der Waals surface area contributed by atoms with E-state index in [9.17, 15) is 18.0 Å². The van der Waals surface area contributed by atoms with E-state index in [4.69, 9.17) is 10.9 Å². The molecule has 0 saturated heterocycles. The van der Waals surface area contributed by atoms with Crippen LogP contribution >= 0.6 is 28.3 Å². The summed E-state index contributed by atoms with van der Waals surface area (Å²) in [6.07, 6.45) is 20.1. The molecule has 8 aromatic rings. The molecule has 350 valence electrons. The smallest absolute Gasteiger partial charge is 0.170 e. The van der Waals surface area contributed by atoms with Gasteiger partial charge in [-0.2, -0.15) is 0 Å². The average molecular weight is 1010 g/mol. The lowest BCUT2D eigenvalue weighted by molar-refractivity contribution is 0.111. The minimum absolute atomic E-state index is 0. The van der Waals surface area contributed by atoms with Gasteiger partial charge in [-0.25, -0.2) is 24.1 Å². The number of pyridine rings is 4. The molecule has 0 bridgehead atoms. The fourth-order valence-electron chi connectivity index (χ4n) is 5.89. The number of aldehydes is 2. The average Bonchev–Trinajstić information content (AvgIpc) is 4.09. The minimum atomic E-state index is -1.18. The molecule has 8 rings (SSSR count). The van der Waals surface area contributed by atoms with E-state index < -0.39 is 21.8 Å². The van der Waals surface area contributed by atoms with Gasteiger partial charge in [-0.1, -0.05) is 36.7 Å². The molecular weight excluding hydrogens is 948 g/mol. The van der Waals surface area contributed by atoms with Crippen LogP contribution in [0.25, 0.3) is 22.1 Å². The van der Waals surface area contributed by atoms with Crippen LogP contribution in [0.15, 0.2) is 103 Å². The van der Waals surface area contributed by atoms with Crippen molar-refractivity contribution in [2.75, 3.05) is 5.75 Å². The second-order valence-corrected chi connectivity index (χ2v) is 21.6. The number of imidazole rings is 4. The molecule has 0 amide bonds. The zero-order valence-electron chi connectivity index (χ0n) is 38.6. The highest BCUT2D eigenvalue weighted by Gasteiger charge is 2.20. The molecule has 0 radical (unpaired) electrons. The molecular formula is C47H62BrClN10O4S2. The van der Waals surface area contributed by atoms with Crippen LogP contribution in [0.4, 0.5) is 0 Å². The van der Waals surface area contributed by atoms with Crippen molar-refractivity contribution in [2.45, 2.75) is 104 Å². The van der Waals surface area contributed by atoms with Crippen molar-refractivity contribution in [1.82, 2.24) is 37.5 Å². The Kier molecular flexibility index (Phi) is 21.0. The number of hydrogen-bond donors (Lipinski definition) is 2. The predicted molar refractivity (Wildman–Crippen MR) is 271 cm³/mol. The van der Waals surface area contributed by atoms with Gasteiger partial charge in [-0.05, 0) is 126 Å². The maximum Gasteiger partial charge on any atom is 0.170 e. The maximum atomic E-state index is 12.1. The van der Waals surface area contributed by atoms with E-state index in [1.54, 1.807) is 23.4 Å². The summed E-state index contributed by atoms with van der Waals surface area (Å²) in [5.41, 5.74) is 16.4. The molecule has 2 atom stereocenters. The molecule has 0 aliphatic heterocycles. The van der Waals surface area contributed by atoms with Gasteiger partial charge in [-0.3, -0.25) is 18.9 Å². The fraction of sp³-hybridized carbons (Fsp3) is 0.362. The van der Waals surface area contributed by atoms with Crippen molar-refractivity contribution >= 4 is 84.8 Å². The summed E-state index contributed by atoms with van der Waals surface area (Å²) in [5.74, 6) is 0.673. The highest BCUT2D eigenvalue weighted by molar-refractivity contribution is 9.10. The van der Waals surface area contributed by atoms with E-state index in [1.165, 1.54) is 16.7 Å². The van der Waals surface area contributed by atoms with Gasteiger partial charge < -0.3 is 23.3 Å². The lowest BCUT2D eigenvalue weighted by atomic mass is 10.2. The Balaban J connectivity index is 0.000000221. The first-order valence-corrected chi connectivity index (χ1v) is 24.3. The standard InChI is InChI=1S/C15H22N2OS.C10H13N3.C10H10N2O.C8H5BrN2O.C4H11NOS.ClH/c1-5-12-6-8-17-11-16-13(14(17)10-12)7-9-19(18)15(2,3)4;1-2-8-3-4-13-7-12-9(6-11)10(13)5-8;1-2-8-3-4-12-7-11-9(6-13)10(12)5-8;9-6-1-2-11-5-10-7(4-12)8(11)3-6;1-4(2,3)7(5)6;/h6,8,10-11H,5,7,9H2,1-4H3;3-5,7H,2,6,11H2,1H3;3-7H,2H2,1H3;1-5H;5H2,1-3H3;1H. The van der Waals surface area contributed by atoms with Gasteiger partial charge in [0.25, 0.3) is 0 Å². The Morgan fingerprint density at radius 3 is 1.37 bits per heavy atom. The molecule has 65 heavy (non-hydrogen) atoms. The Morgan fingerprint density at radius 2 is 0.969 bits per heavy atom. The Hall–Kier alpha value is -4.91. The number of aryl methyl sites for hydroxylation is 4. The Labute approximate surface area is 401 Å². The highest BCUT2D eigenvalue weighted by Crippen LogP contribution is 2.18. The van der Waals surface area contributed by atoms with Gasteiger partial charge in [0.1, 0.15) is 24.0 Å². The quantitative estimate of drug-likeness (QED) is 0.133. The van der Waals surface area contributed by atoms with Crippen molar-refractivity contribution in [1.29, 1.82) is 0 Å². The molecule has 0 spiro atoms. The van der Waals surface area contributed by atoms with Crippen molar-refractivity contribution in [3.63, 3.8) is 0 Å². The molecule has 8 aromatic heterocycles. The van der Waals surface area contributed by atoms with E-state index in [0.29, 0.717) is 23.7 Å². The summed E-state index contributed by atoms with van der Waals surface area (Å²) < 4.78 is 30.7. The molecule has 14 nitrogen and oxygen atoms in total. The first kappa shape index (κ1) is 54.4. The summed E-state index contributed by atoms with van der Waals surface area (Å²) >= 11 is 3.32. The number of nitrogens with zero attached hydrogens (tertiary/aromatic N) is 8. The first-order valence-electron chi connectivity index (χ1n) is 21.0. The van der Waals surface area contributed by atoms with Crippen LogP contribution in [0.2, 0.25) is 0 Å². The van der Waals surface area contributed by atoms with E-state index in [-0.39, 0.29) is 21.9 Å². The lowest BCUT2D eigenvalue weighted by Gasteiger charge is -2.17. The summed E-state index contributed by atoms with van der Waals surface area (Å²) in [4.78, 5) is 37.7. The zero-order valence-corrected chi connectivity index (χ0v) is 42.6. The molecule has 0 saturated carbocycles. The number of nitrogens with two attached hydrogens (primary N) is 2. The van der Waals surface area contributed by atoms with Crippen LogP contribution < -0.4 is 10.9 Å². The van der Waals surface area contributed by atoms with Crippen LogP contribution in [0.3, 0.4) is 0 Å². The third-order valence-electron chi connectivity index (χ3n) is 9.98. The van der Waals surface area contributed by atoms with Crippen molar-refractivity contribution in [3.05, 3.63) is 143 Å². The fourth-order valence-corrected chi connectivity index (χ4v) is 7.22. The topological polar surface area (TPSA) is 190 Å². The second kappa shape index (κ2) is 25.1. The molecule has 8 heterocycles. The monoisotopic (exact) mass is 1010 g/mol. The lowest BCUT2D eigenvalue weighted by Crippen LogP contribution is -2.27. The molecule has 0 aromatic carbocycles. The van der Waals surface area contributed by atoms with Gasteiger partial charge >= 0.3 is 0 Å². The molecule has 0 fully saturated rings. The summed E-state index contributed by atoms with van der Waals surface area (Å²) in [6, 6.07) is 16.3. The number of hydrogen-bond acceptors (Lipinski definition) is 9. The van der Waals surface area contributed by atoms with Crippen molar-refractivity contribution < 1.29 is 18.0 Å².